The van der Waals surface area contributed by atoms with Crippen molar-refractivity contribution in [2.24, 2.45) is 7.05 Å². The number of aromatic nitrogens is 3. The molecule has 0 amide bonds. The van der Waals surface area contributed by atoms with Gasteiger partial charge >= 0.3 is 5.97 Å². The Hall–Kier alpha value is -3.66. The average molecular weight is 690 g/mol. The summed E-state index contributed by atoms with van der Waals surface area (Å²) in [6, 6.07) is 20.8. The van der Waals surface area contributed by atoms with Crippen molar-refractivity contribution in [3.8, 4) is 16.9 Å². The van der Waals surface area contributed by atoms with Crippen LogP contribution in [0.5, 0.6) is 5.75 Å². The lowest BCUT2D eigenvalue weighted by Crippen LogP contribution is -2.16. The smallest absolute Gasteiger partial charge is 0.355 e. The number of nitrogens with zero attached hydrogens (tertiary/aromatic N) is 3. The number of hydrogen-bond donors (Lipinski definition) is 1. The van der Waals surface area contributed by atoms with Crippen LogP contribution in [0.15, 0.2) is 60.7 Å². The minimum absolute atomic E-state index is 0.287. The first-order valence-electron chi connectivity index (χ1n) is 16.3. The molecule has 0 aliphatic rings. The monoisotopic (exact) mass is 688 g/mol. The Kier molecular flexibility index (Phi) is 11.9. The molecule has 46 heavy (non-hydrogen) atoms. The number of benzene rings is 3. The summed E-state index contributed by atoms with van der Waals surface area (Å²) >= 11 is 3.72. The number of carbonyl (C=O) groups is 1. The van der Waals surface area contributed by atoms with Crippen LogP contribution in [0.4, 0.5) is 0 Å². The van der Waals surface area contributed by atoms with E-state index < -0.39 is 0 Å². The Balaban J connectivity index is 1.59. The third-order valence-corrected chi connectivity index (χ3v) is 8.90. The largest absolute Gasteiger partial charge is 0.493 e. The zero-order chi connectivity index (χ0) is 32.5. The molecule has 8 nitrogen and oxygen atoms in total. The lowest BCUT2D eigenvalue weighted by molar-refractivity contribution is 0.0512. The summed E-state index contributed by atoms with van der Waals surface area (Å²) in [5.41, 5.74) is 6.72. The number of nitrogens with one attached hydrogen (secondary N) is 1. The average Bonchev–Trinajstić information content (AvgIpc) is 3.57. The molecule has 9 heteroatoms. The molecule has 0 spiro atoms. The van der Waals surface area contributed by atoms with E-state index in [4.69, 9.17) is 19.3 Å². The number of carbonyl (C=O) groups excluding carboxylic acids is 1. The number of esters is 1. The second-order valence-corrected chi connectivity index (χ2v) is 11.9. The highest BCUT2D eigenvalue weighted by Crippen LogP contribution is 2.39. The molecule has 0 bridgehead atoms. The van der Waals surface area contributed by atoms with Crippen LogP contribution in [0, 0.1) is 0 Å². The summed E-state index contributed by atoms with van der Waals surface area (Å²) in [5.74, 6) is 0.586. The van der Waals surface area contributed by atoms with E-state index in [1.165, 1.54) is 0 Å². The number of hydrogen-bond acceptors (Lipinski definition) is 6. The van der Waals surface area contributed by atoms with Gasteiger partial charge in [-0.1, -0.05) is 70.5 Å². The first kappa shape index (κ1) is 33.7. The highest BCUT2D eigenvalue weighted by molar-refractivity contribution is 9.08. The molecule has 2 aromatic heterocycles. The Morgan fingerprint density at radius 2 is 1.74 bits per heavy atom. The Labute approximate surface area is 280 Å². The highest BCUT2D eigenvalue weighted by Gasteiger charge is 2.28. The lowest BCUT2D eigenvalue weighted by atomic mass is 9.98. The topological polar surface area (TPSA) is 79.5 Å². The minimum Gasteiger partial charge on any atom is -0.493 e. The van der Waals surface area contributed by atoms with Crippen LogP contribution < -0.4 is 10.1 Å². The van der Waals surface area contributed by atoms with E-state index in [1.54, 1.807) is 0 Å². The molecule has 2 heterocycles. The molecule has 0 unspecified atom stereocenters. The van der Waals surface area contributed by atoms with Crippen LogP contribution in [0.25, 0.3) is 32.8 Å². The van der Waals surface area contributed by atoms with Crippen molar-refractivity contribution in [1.82, 2.24) is 19.7 Å². The minimum atomic E-state index is -0.287. The van der Waals surface area contributed by atoms with Crippen LogP contribution in [-0.2, 0) is 41.4 Å². The van der Waals surface area contributed by atoms with Gasteiger partial charge < -0.3 is 24.1 Å². The van der Waals surface area contributed by atoms with Gasteiger partial charge in [0.1, 0.15) is 11.4 Å². The number of para-hydroxylation sites is 1. The molecule has 0 aliphatic heterocycles. The van der Waals surface area contributed by atoms with E-state index in [1.807, 2.05) is 56.9 Å². The second kappa shape index (κ2) is 16.3. The maximum absolute atomic E-state index is 13.8. The second-order valence-electron chi connectivity index (χ2n) is 11.3. The summed E-state index contributed by atoms with van der Waals surface area (Å²) in [6.07, 6.45) is 3.32. The molecule has 0 saturated carbocycles. The molecular formula is C37H45BrN4O4. The van der Waals surface area contributed by atoms with Crippen LogP contribution in [-0.4, -0.2) is 53.7 Å². The fourth-order valence-corrected chi connectivity index (χ4v) is 6.94. The highest BCUT2D eigenvalue weighted by atomic mass is 79.9. The summed E-state index contributed by atoms with van der Waals surface area (Å²) in [4.78, 5) is 13.8. The van der Waals surface area contributed by atoms with Crippen molar-refractivity contribution in [1.29, 1.82) is 0 Å². The normalized spacial score (nSPS) is 11.5. The van der Waals surface area contributed by atoms with Crippen molar-refractivity contribution < 1.29 is 19.0 Å². The summed E-state index contributed by atoms with van der Waals surface area (Å²) in [5, 5.41) is 12.1. The van der Waals surface area contributed by atoms with Gasteiger partial charge in [-0.25, -0.2) is 4.79 Å². The number of ether oxygens (including phenoxy) is 3. The Morgan fingerprint density at radius 1 is 0.957 bits per heavy atom. The van der Waals surface area contributed by atoms with E-state index >= 15 is 0 Å². The van der Waals surface area contributed by atoms with Gasteiger partial charge in [0, 0.05) is 47.4 Å². The number of fused-ring (bicyclic) bond motifs is 2. The van der Waals surface area contributed by atoms with Crippen molar-refractivity contribution in [2.45, 2.75) is 58.0 Å². The fraction of sp³-hybridized carbons (Fsp3) is 0.405. The van der Waals surface area contributed by atoms with Gasteiger partial charge in [-0.15, -0.1) is 0 Å². The number of halogens is 1. The van der Waals surface area contributed by atoms with Crippen molar-refractivity contribution in [3.05, 3.63) is 83.3 Å². The zero-order valence-electron chi connectivity index (χ0n) is 27.4. The molecule has 0 aliphatic carbocycles. The quantitative estimate of drug-likeness (QED) is 0.0610. The summed E-state index contributed by atoms with van der Waals surface area (Å²) in [7, 11) is 3.94. The molecular weight excluding hydrogens is 644 g/mol. The number of alkyl halides is 1. The molecule has 5 aromatic rings. The van der Waals surface area contributed by atoms with Crippen LogP contribution in [0.2, 0.25) is 0 Å². The molecule has 3 aromatic carbocycles. The molecule has 0 fully saturated rings. The maximum Gasteiger partial charge on any atom is 0.355 e. The number of unbranched alkanes of at least 4 members (excludes halogenated alkanes) is 1. The molecule has 1 N–H and O–H groups in total. The molecule has 5 rings (SSSR count). The van der Waals surface area contributed by atoms with E-state index in [-0.39, 0.29) is 5.97 Å². The van der Waals surface area contributed by atoms with E-state index in [9.17, 15) is 4.79 Å². The zero-order valence-corrected chi connectivity index (χ0v) is 29.0. The summed E-state index contributed by atoms with van der Waals surface area (Å²) in [6.45, 7) is 7.31. The number of rotatable bonds is 17. The van der Waals surface area contributed by atoms with Crippen molar-refractivity contribution in [3.63, 3.8) is 0 Å². The van der Waals surface area contributed by atoms with Crippen molar-refractivity contribution in [2.75, 3.05) is 33.4 Å². The van der Waals surface area contributed by atoms with E-state index in [0.717, 1.165) is 81.3 Å². The lowest BCUT2D eigenvalue weighted by Gasteiger charge is -2.14. The molecule has 244 valence electrons. The van der Waals surface area contributed by atoms with E-state index in [2.05, 4.69) is 62.2 Å². The number of aryl methyl sites for hydroxylation is 3. The van der Waals surface area contributed by atoms with Crippen LogP contribution in [0.1, 0.15) is 60.5 Å². The third kappa shape index (κ3) is 7.17. The van der Waals surface area contributed by atoms with Crippen LogP contribution in [0.3, 0.4) is 0 Å². The summed E-state index contributed by atoms with van der Waals surface area (Å²) < 4.78 is 22.0. The predicted molar refractivity (Wildman–Crippen MR) is 189 cm³/mol. The van der Waals surface area contributed by atoms with Gasteiger partial charge in [-0.2, -0.15) is 5.10 Å². The Bertz CT molecular complexity index is 1770. The maximum atomic E-state index is 13.8. The first-order valence-corrected chi connectivity index (χ1v) is 17.4. The predicted octanol–water partition coefficient (Wildman–Crippen LogP) is 7.81. The van der Waals surface area contributed by atoms with Gasteiger partial charge in [0.2, 0.25) is 0 Å². The Morgan fingerprint density at radius 3 is 2.52 bits per heavy atom. The van der Waals surface area contributed by atoms with Gasteiger partial charge in [0.05, 0.1) is 36.7 Å². The first-order chi connectivity index (χ1) is 22.5. The van der Waals surface area contributed by atoms with Crippen LogP contribution >= 0.6 is 15.9 Å². The SMILES string of the molecule is CCOCc1nn(C)c(CBr)c1-c1cccc2c(CCCOc3cccc4ccccc34)c(C(=O)OCC)n(CCCCNC)c12. The van der Waals surface area contributed by atoms with Crippen molar-refractivity contribution >= 4 is 43.6 Å². The molecule has 0 atom stereocenters. The third-order valence-electron chi connectivity index (χ3n) is 8.37. The van der Waals surface area contributed by atoms with Gasteiger partial charge in [-0.05, 0) is 70.1 Å². The fourth-order valence-electron chi connectivity index (χ4n) is 6.30. The molecule has 0 saturated heterocycles. The van der Waals surface area contributed by atoms with Gasteiger partial charge in [0.25, 0.3) is 0 Å². The van der Waals surface area contributed by atoms with Gasteiger partial charge in [0.15, 0.2) is 0 Å². The standard InChI is InChI=1S/C37H45BrN4O4/c1-5-44-25-31-34(32(24-38)41(4)40-31)30-18-12-17-28-29(19-13-23-46-33-20-11-15-26-14-7-8-16-27(26)33)36(37(43)45-6-2)42(35(28)30)22-10-9-21-39-3/h7-8,11-12,14-18,20,39H,5-6,9-10,13,19,21-25H2,1-4H3. The van der Waals surface area contributed by atoms with E-state index in [0.29, 0.717) is 50.4 Å². The molecule has 0 radical (unpaired) electrons. The van der Waals surface area contributed by atoms with Gasteiger partial charge in [-0.3, -0.25) is 4.68 Å².